The number of rotatable bonds is 1. The van der Waals surface area contributed by atoms with Crippen molar-refractivity contribution < 1.29 is 4.39 Å². The lowest BCUT2D eigenvalue weighted by Crippen LogP contribution is -2.30. The van der Waals surface area contributed by atoms with Gasteiger partial charge < -0.3 is 10.3 Å². The molecule has 0 aliphatic heterocycles. The molecule has 2 aromatic rings. The molecule has 0 saturated carbocycles. The predicted octanol–water partition coefficient (Wildman–Crippen LogP) is 3.59. The Balaban J connectivity index is 2.08. The van der Waals surface area contributed by atoms with Gasteiger partial charge in [0, 0.05) is 23.6 Å². The lowest BCUT2D eigenvalue weighted by atomic mass is 9.74. The highest BCUT2D eigenvalue weighted by Gasteiger charge is 2.32. The van der Waals surface area contributed by atoms with E-state index in [1.165, 1.54) is 23.4 Å². The zero-order chi connectivity index (χ0) is 13.6. The van der Waals surface area contributed by atoms with Crippen LogP contribution in [0.15, 0.2) is 36.5 Å². The smallest absolute Gasteiger partial charge is 0.123 e. The number of fused-ring (bicyclic) bond motifs is 1. The van der Waals surface area contributed by atoms with Gasteiger partial charge in [-0.2, -0.15) is 0 Å². The second-order valence-electron chi connectivity index (χ2n) is 6.22. The van der Waals surface area contributed by atoms with Gasteiger partial charge in [-0.15, -0.1) is 0 Å². The van der Waals surface area contributed by atoms with Crippen LogP contribution < -0.4 is 5.73 Å². The van der Waals surface area contributed by atoms with Gasteiger partial charge in [0.15, 0.2) is 0 Å². The lowest BCUT2D eigenvalue weighted by Gasteiger charge is -2.34. The first-order valence-corrected chi connectivity index (χ1v) is 6.68. The van der Waals surface area contributed by atoms with Crippen molar-refractivity contribution in [2.24, 2.45) is 11.1 Å². The van der Waals surface area contributed by atoms with Gasteiger partial charge in [0.05, 0.1) is 0 Å². The van der Waals surface area contributed by atoms with Crippen molar-refractivity contribution in [1.29, 1.82) is 0 Å². The molecule has 19 heavy (non-hydrogen) atoms. The molecule has 0 fully saturated rings. The Bertz CT molecular complexity index is 596. The Labute approximate surface area is 113 Å². The van der Waals surface area contributed by atoms with E-state index in [0.29, 0.717) is 0 Å². The van der Waals surface area contributed by atoms with Crippen LogP contribution in [0.4, 0.5) is 4.39 Å². The molecule has 0 bridgehead atoms. The molecule has 0 saturated heterocycles. The fourth-order valence-electron chi connectivity index (χ4n) is 3.08. The van der Waals surface area contributed by atoms with Gasteiger partial charge in [-0.25, -0.2) is 4.39 Å². The van der Waals surface area contributed by atoms with Gasteiger partial charge in [0.2, 0.25) is 0 Å². The summed E-state index contributed by atoms with van der Waals surface area (Å²) >= 11 is 0. The van der Waals surface area contributed by atoms with E-state index in [2.05, 4.69) is 24.5 Å². The number of nitrogens with two attached hydrogens (primary N) is 1. The van der Waals surface area contributed by atoms with Crippen LogP contribution >= 0.6 is 0 Å². The summed E-state index contributed by atoms with van der Waals surface area (Å²) < 4.78 is 15.2. The Morgan fingerprint density at radius 3 is 2.58 bits per heavy atom. The minimum atomic E-state index is -0.207. The molecule has 1 heterocycles. The standard InChI is InChI=1S/C16H19FN2/c1-16(2)9-14(18)13-7-8-19(15(13)10-16)12-5-3-11(17)4-6-12/h3-8,14H,9-10,18H2,1-2H3. The highest BCUT2D eigenvalue weighted by molar-refractivity contribution is 5.41. The van der Waals surface area contributed by atoms with Crippen molar-refractivity contribution in [2.75, 3.05) is 0 Å². The first kappa shape index (κ1) is 12.4. The topological polar surface area (TPSA) is 30.9 Å². The molecule has 3 heteroatoms. The van der Waals surface area contributed by atoms with Crippen LogP contribution in [0.3, 0.4) is 0 Å². The maximum atomic E-state index is 13.0. The van der Waals surface area contributed by atoms with Gasteiger partial charge in [-0.05, 0) is 54.2 Å². The molecule has 1 unspecified atom stereocenters. The number of hydrogen-bond donors (Lipinski definition) is 1. The summed E-state index contributed by atoms with van der Waals surface area (Å²) in [7, 11) is 0. The summed E-state index contributed by atoms with van der Waals surface area (Å²) in [6.07, 6.45) is 4.05. The van der Waals surface area contributed by atoms with Crippen LogP contribution in [0, 0.1) is 11.2 Å². The molecule has 0 amide bonds. The summed E-state index contributed by atoms with van der Waals surface area (Å²) in [4.78, 5) is 0. The fraction of sp³-hybridized carbons (Fsp3) is 0.375. The van der Waals surface area contributed by atoms with Gasteiger partial charge in [0.25, 0.3) is 0 Å². The van der Waals surface area contributed by atoms with Crippen LogP contribution in [-0.2, 0) is 6.42 Å². The lowest BCUT2D eigenvalue weighted by molar-refractivity contribution is 0.278. The second kappa shape index (κ2) is 4.20. The molecule has 100 valence electrons. The predicted molar refractivity (Wildman–Crippen MR) is 74.8 cm³/mol. The van der Waals surface area contributed by atoms with E-state index in [1.807, 2.05) is 18.3 Å². The van der Waals surface area contributed by atoms with Crippen molar-refractivity contribution >= 4 is 0 Å². The fourth-order valence-corrected chi connectivity index (χ4v) is 3.08. The second-order valence-corrected chi connectivity index (χ2v) is 6.22. The highest BCUT2D eigenvalue weighted by Crippen LogP contribution is 2.40. The summed E-state index contributed by atoms with van der Waals surface area (Å²) in [6, 6.07) is 8.80. The Kier molecular flexibility index (Phi) is 2.75. The Morgan fingerprint density at radius 1 is 1.21 bits per heavy atom. The molecule has 1 aromatic carbocycles. The largest absolute Gasteiger partial charge is 0.324 e. The third kappa shape index (κ3) is 2.19. The maximum Gasteiger partial charge on any atom is 0.123 e. The van der Waals surface area contributed by atoms with Crippen LogP contribution in [0.5, 0.6) is 0 Å². The number of halogens is 1. The van der Waals surface area contributed by atoms with Crippen molar-refractivity contribution in [3.05, 3.63) is 53.6 Å². The summed E-state index contributed by atoms with van der Waals surface area (Å²) in [5.74, 6) is -0.207. The molecule has 0 radical (unpaired) electrons. The van der Waals surface area contributed by atoms with Crippen molar-refractivity contribution in [3.63, 3.8) is 0 Å². The van der Waals surface area contributed by atoms with E-state index in [-0.39, 0.29) is 17.3 Å². The first-order chi connectivity index (χ1) is 8.96. The number of aromatic nitrogens is 1. The molecule has 2 N–H and O–H groups in total. The van der Waals surface area contributed by atoms with Crippen molar-refractivity contribution in [3.8, 4) is 5.69 Å². The van der Waals surface area contributed by atoms with Gasteiger partial charge in [-0.1, -0.05) is 13.8 Å². The average Bonchev–Trinajstić information content (AvgIpc) is 2.72. The molecular weight excluding hydrogens is 239 g/mol. The van der Waals surface area contributed by atoms with Gasteiger partial charge in [-0.3, -0.25) is 0 Å². The molecular formula is C16H19FN2. The normalized spacial score (nSPS) is 21.2. The minimum absolute atomic E-state index is 0.0976. The molecule has 2 nitrogen and oxygen atoms in total. The van der Waals surface area contributed by atoms with E-state index in [0.717, 1.165) is 18.5 Å². The van der Waals surface area contributed by atoms with E-state index >= 15 is 0 Å². The Morgan fingerprint density at radius 2 is 1.89 bits per heavy atom. The first-order valence-electron chi connectivity index (χ1n) is 6.68. The quantitative estimate of drug-likeness (QED) is 0.832. The van der Waals surface area contributed by atoms with E-state index in [1.54, 1.807) is 0 Å². The van der Waals surface area contributed by atoms with Crippen LogP contribution in [0.2, 0.25) is 0 Å². The number of hydrogen-bond acceptors (Lipinski definition) is 1. The number of nitrogens with zero attached hydrogens (tertiary/aromatic N) is 1. The SMILES string of the molecule is CC1(C)Cc2c(ccn2-c2ccc(F)cc2)C(N)C1. The van der Waals surface area contributed by atoms with Gasteiger partial charge in [0.1, 0.15) is 5.82 Å². The van der Waals surface area contributed by atoms with E-state index in [4.69, 9.17) is 5.73 Å². The zero-order valence-corrected chi connectivity index (χ0v) is 11.4. The van der Waals surface area contributed by atoms with Crippen LogP contribution in [0.1, 0.15) is 37.6 Å². The zero-order valence-electron chi connectivity index (χ0n) is 11.4. The van der Waals surface area contributed by atoms with E-state index in [9.17, 15) is 4.39 Å². The monoisotopic (exact) mass is 258 g/mol. The van der Waals surface area contributed by atoms with Crippen LogP contribution in [0.25, 0.3) is 5.69 Å². The summed E-state index contributed by atoms with van der Waals surface area (Å²) in [5, 5.41) is 0. The van der Waals surface area contributed by atoms with Crippen molar-refractivity contribution in [2.45, 2.75) is 32.7 Å². The molecule has 1 aromatic heterocycles. The third-order valence-corrected chi connectivity index (χ3v) is 3.95. The molecule has 1 aliphatic carbocycles. The van der Waals surface area contributed by atoms with Gasteiger partial charge >= 0.3 is 0 Å². The molecule has 1 atom stereocenters. The maximum absolute atomic E-state index is 13.0. The summed E-state index contributed by atoms with van der Waals surface area (Å²) in [6.45, 7) is 4.50. The molecule has 1 aliphatic rings. The van der Waals surface area contributed by atoms with E-state index < -0.39 is 0 Å². The molecule has 3 rings (SSSR count). The minimum Gasteiger partial charge on any atom is -0.324 e. The number of benzene rings is 1. The van der Waals surface area contributed by atoms with Crippen molar-refractivity contribution in [1.82, 2.24) is 4.57 Å². The third-order valence-electron chi connectivity index (χ3n) is 3.95. The average molecular weight is 258 g/mol. The highest BCUT2D eigenvalue weighted by atomic mass is 19.1. The summed E-state index contributed by atoms with van der Waals surface area (Å²) in [5.41, 5.74) is 9.95. The molecule has 0 spiro atoms. The Hall–Kier alpha value is -1.61. The van der Waals surface area contributed by atoms with Crippen LogP contribution in [-0.4, -0.2) is 4.57 Å².